The number of aromatic nitrogens is 1. The first-order valence-electron chi connectivity index (χ1n) is 11.6. The van der Waals surface area contributed by atoms with E-state index in [1.807, 2.05) is 43.3 Å². The molecule has 0 spiro atoms. The fourth-order valence-corrected chi connectivity index (χ4v) is 6.98. The van der Waals surface area contributed by atoms with Crippen molar-refractivity contribution < 1.29 is 13.2 Å². The van der Waals surface area contributed by atoms with Crippen LogP contribution in [0.1, 0.15) is 49.8 Å². The van der Waals surface area contributed by atoms with Crippen molar-refractivity contribution in [3.8, 4) is 5.75 Å². The van der Waals surface area contributed by atoms with Gasteiger partial charge in [-0.05, 0) is 56.0 Å². The molecule has 168 valence electrons. The Balaban J connectivity index is 1.50. The molecule has 2 aromatic carbocycles. The average Bonchev–Trinajstić information content (AvgIpc) is 2.95. The zero-order chi connectivity index (χ0) is 22.1. The van der Waals surface area contributed by atoms with Crippen LogP contribution in [0.25, 0.3) is 10.8 Å². The van der Waals surface area contributed by atoms with Crippen LogP contribution >= 0.6 is 0 Å². The highest BCUT2D eigenvalue weighted by atomic mass is 32.2. The molecular formula is C26H30N2O3S. The molecule has 3 aromatic rings. The number of sulfonamides is 1. The Morgan fingerprint density at radius 3 is 2.75 bits per heavy atom. The van der Waals surface area contributed by atoms with Gasteiger partial charge in [-0.3, -0.25) is 4.98 Å². The number of fused-ring (bicyclic) bond motifs is 3. The van der Waals surface area contributed by atoms with E-state index < -0.39 is 10.0 Å². The van der Waals surface area contributed by atoms with Gasteiger partial charge in [0, 0.05) is 41.5 Å². The summed E-state index contributed by atoms with van der Waals surface area (Å²) >= 11 is 0. The normalized spacial score (nSPS) is 21.9. The third-order valence-electron chi connectivity index (χ3n) is 6.92. The van der Waals surface area contributed by atoms with Gasteiger partial charge >= 0.3 is 0 Å². The summed E-state index contributed by atoms with van der Waals surface area (Å²) in [4.78, 5) is 4.66. The zero-order valence-electron chi connectivity index (χ0n) is 18.5. The monoisotopic (exact) mass is 450 g/mol. The fraction of sp³-hybridized carbons (Fsp3) is 0.423. The molecule has 0 radical (unpaired) electrons. The van der Waals surface area contributed by atoms with Crippen molar-refractivity contribution in [2.75, 3.05) is 6.54 Å². The Morgan fingerprint density at radius 2 is 1.91 bits per heavy atom. The predicted molar refractivity (Wildman–Crippen MR) is 126 cm³/mol. The molecule has 32 heavy (non-hydrogen) atoms. The fourth-order valence-electron chi connectivity index (χ4n) is 5.22. The summed E-state index contributed by atoms with van der Waals surface area (Å²) in [6.45, 7) is 2.90. The predicted octanol–water partition coefficient (Wildman–Crippen LogP) is 5.47. The van der Waals surface area contributed by atoms with Crippen LogP contribution in [0.4, 0.5) is 0 Å². The molecule has 2 fully saturated rings. The van der Waals surface area contributed by atoms with Gasteiger partial charge in [0.15, 0.2) is 0 Å². The van der Waals surface area contributed by atoms with Crippen molar-refractivity contribution in [1.29, 1.82) is 0 Å². The molecule has 0 amide bonds. The standard InChI is InChI=1S/C26H30N2O3S/c1-19-11-12-21(17-27-19)18-31-26-16-24(15-22-8-2-3-10-25(22)26)32(29,30)28-13-5-7-20-6-4-9-23(28)14-20/h2-3,8,10-12,15-17,20,23H,4-7,9,13-14,18H2,1H3. The highest BCUT2D eigenvalue weighted by molar-refractivity contribution is 7.89. The van der Waals surface area contributed by atoms with Gasteiger partial charge < -0.3 is 4.74 Å². The summed E-state index contributed by atoms with van der Waals surface area (Å²) in [5.41, 5.74) is 1.91. The number of pyridine rings is 1. The first-order chi connectivity index (χ1) is 15.5. The Hall–Kier alpha value is -2.44. The maximum absolute atomic E-state index is 13.8. The minimum Gasteiger partial charge on any atom is -0.488 e. The second-order valence-corrected chi connectivity index (χ2v) is 11.1. The number of hydrogen-bond acceptors (Lipinski definition) is 4. The van der Waals surface area contributed by atoms with Gasteiger partial charge in [0.1, 0.15) is 12.4 Å². The SMILES string of the molecule is Cc1ccc(COc2cc(S(=O)(=O)N3CCCC4CCCC3C4)cc3ccccc23)cn1. The molecule has 6 heteroatoms. The largest absolute Gasteiger partial charge is 0.488 e. The molecule has 2 bridgehead atoms. The first kappa shape index (κ1) is 21.4. The summed E-state index contributed by atoms with van der Waals surface area (Å²) in [6.07, 6.45) is 8.21. The maximum atomic E-state index is 13.8. The van der Waals surface area contributed by atoms with Crippen LogP contribution in [0, 0.1) is 12.8 Å². The maximum Gasteiger partial charge on any atom is 0.243 e. The third-order valence-corrected chi connectivity index (χ3v) is 8.85. The number of rotatable bonds is 5. The van der Waals surface area contributed by atoms with Gasteiger partial charge in [0.2, 0.25) is 10.0 Å². The Kier molecular flexibility index (Phi) is 5.91. The molecule has 1 saturated heterocycles. The Morgan fingerprint density at radius 1 is 1.06 bits per heavy atom. The van der Waals surface area contributed by atoms with E-state index in [0.717, 1.165) is 54.1 Å². The van der Waals surface area contributed by atoms with Crippen LogP contribution in [-0.2, 0) is 16.6 Å². The average molecular weight is 451 g/mol. The second-order valence-electron chi connectivity index (χ2n) is 9.18. The lowest BCUT2D eigenvalue weighted by Gasteiger charge is -2.33. The highest BCUT2D eigenvalue weighted by Gasteiger charge is 2.37. The van der Waals surface area contributed by atoms with Crippen LogP contribution < -0.4 is 4.74 Å². The molecule has 5 nitrogen and oxygen atoms in total. The van der Waals surface area contributed by atoms with E-state index in [-0.39, 0.29) is 6.04 Å². The molecular weight excluding hydrogens is 420 g/mol. The molecule has 2 heterocycles. The van der Waals surface area contributed by atoms with Gasteiger partial charge in [0.05, 0.1) is 4.90 Å². The first-order valence-corrected chi connectivity index (χ1v) is 13.0. The lowest BCUT2D eigenvalue weighted by atomic mass is 9.84. The third kappa shape index (κ3) is 4.26. The van der Waals surface area contributed by atoms with E-state index in [1.165, 1.54) is 6.42 Å². The molecule has 2 atom stereocenters. The minimum atomic E-state index is -3.60. The van der Waals surface area contributed by atoms with Crippen molar-refractivity contribution in [2.24, 2.45) is 5.92 Å². The summed E-state index contributed by atoms with van der Waals surface area (Å²) in [7, 11) is -3.60. The van der Waals surface area contributed by atoms with E-state index in [4.69, 9.17) is 4.74 Å². The zero-order valence-corrected chi connectivity index (χ0v) is 19.4. The van der Waals surface area contributed by atoms with Gasteiger partial charge in [-0.1, -0.05) is 43.2 Å². The van der Waals surface area contributed by atoms with Gasteiger partial charge in [0.25, 0.3) is 0 Å². The topological polar surface area (TPSA) is 59.5 Å². The summed E-state index contributed by atoms with van der Waals surface area (Å²) in [5.74, 6) is 1.27. The quantitative estimate of drug-likeness (QED) is 0.517. The van der Waals surface area contributed by atoms with Crippen LogP contribution in [0.3, 0.4) is 0 Å². The van der Waals surface area contributed by atoms with Crippen LogP contribution in [-0.4, -0.2) is 30.3 Å². The highest BCUT2D eigenvalue weighted by Crippen LogP contribution is 2.38. The van der Waals surface area contributed by atoms with E-state index in [9.17, 15) is 8.42 Å². The number of benzene rings is 2. The number of ether oxygens (including phenoxy) is 1. The van der Waals surface area contributed by atoms with Gasteiger partial charge in [-0.15, -0.1) is 0 Å². The van der Waals surface area contributed by atoms with Crippen molar-refractivity contribution >= 4 is 20.8 Å². The van der Waals surface area contributed by atoms with E-state index in [2.05, 4.69) is 4.98 Å². The molecule has 1 aliphatic heterocycles. The van der Waals surface area contributed by atoms with Gasteiger partial charge in [-0.25, -0.2) is 8.42 Å². The van der Waals surface area contributed by atoms with Crippen molar-refractivity contribution in [1.82, 2.24) is 9.29 Å². The van der Waals surface area contributed by atoms with Crippen molar-refractivity contribution in [3.63, 3.8) is 0 Å². The van der Waals surface area contributed by atoms with E-state index in [0.29, 0.717) is 29.7 Å². The molecule has 2 aliphatic rings. The molecule has 0 N–H and O–H groups in total. The molecule has 1 saturated carbocycles. The minimum absolute atomic E-state index is 0.121. The molecule has 1 aromatic heterocycles. The van der Waals surface area contributed by atoms with Crippen molar-refractivity contribution in [2.45, 2.75) is 63.0 Å². The lowest BCUT2D eigenvalue weighted by molar-refractivity contribution is 0.238. The van der Waals surface area contributed by atoms with Crippen LogP contribution in [0.2, 0.25) is 0 Å². The Labute approximate surface area is 190 Å². The second kappa shape index (κ2) is 8.83. The van der Waals surface area contributed by atoms with Crippen LogP contribution in [0.15, 0.2) is 59.6 Å². The number of hydrogen-bond donors (Lipinski definition) is 0. The van der Waals surface area contributed by atoms with Gasteiger partial charge in [-0.2, -0.15) is 4.31 Å². The Bertz CT molecular complexity index is 1210. The van der Waals surface area contributed by atoms with Crippen molar-refractivity contribution in [3.05, 3.63) is 66.0 Å². The smallest absolute Gasteiger partial charge is 0.243 e. The summed E-state index contributed by atoms with van der Waals surface area (Å²) in [6, 6.07) is 15.4. The van der Waals surface area contributed by atoms with E-state index in [1.54, 1.807) is 22.6 Å². The molecule has 5 rings (SSSR count). The van der Waals surface area contributed by atoms with Crippen LogP contribution in [0.5, 0.6) is 5.75 Å². The molecule has 2 unspecified atom stereocenters. The van der Waals surface area contributed by atoms with E-state index >= 15 is 0 Å². The summed E-state index contributed by atoms with van der Waals surface area (Å²) < 4.78 is 35.5. The number of aryl methyl sites for hydroxylation is 1. The summed E-state index contributed by atoms with van der Waals surface area (Å²) in [5, 5.41) is 1.79. The molecule has 1 aliphatic carbocycles. The number of nitrogens with zero attached hydrogens (tertiary/aromatic N) is 2. The lowest BCUT2D eigenvalue weighted by Crippen LogP contribution is -2.41.